The molecular weight excluding hydrogens is 485 g/mol. The summed E-state index contributed by atoms with van der Waals surface area (Å²) < 4.78 is 12.9. The van der Waals surface area contributed by atoms with E-state index in [1.54, 1.807) is 48.3 Å². The molecule has 35 heavy (non-hydrogen) atoms. The van der Waals surface area contributed by atoms with Gasteiger partial charge in [-0.15, -0.1) is 0 Å². The van der Waals surface area contributed by atoms with Crippen molar-refractivity contribution >= 4 is 41.0 Å². The average molecular weight is 508 g/mol. The minimum Gasteiger partial charge on any atom is -0.496 e. The van der Waals surface area contributed by atoms with Gasteiger partial charge in [0.2, 0.25) is 5.91 Å². The van der Waals surface area contributed by atoms with Crippen molar-refractivity contribution in [1.82, 2.24) is 9.78 Å². The van der Waals surface area contributed by atoms with Gasteiger partial charge in [-0.05, 0) is 48.0 Å². The summed E-state index contributed by atoms with van der Waals surface area (Å²) in [4.78, 5) is 12.4. The Bertz CT molecular complexity index is 1320. The zero-order valence-electron chi connectivity index (χ0n) is 18.9. The normalized spacial score (nSPS) is 10.9. The second-order valence-corrected chi connectivity index (χ2v) is 8.41. The zero-order chi connectivity index (χ0) is 24.6. The summed E-state index contributed by atoms with van der Waals surface area (Å²) >= 11 is 12.5. The summed E-state index contributed by atoms with van der Waals surface area (Å²) in [5.74, 6) is 1.61. The van der Waals surface area contributed by atoms with E-state index in [1.165, 1.54) is 6.08 Å². The number of methoxy groups -OCH3 is 1. The molecule has 0 aliphatic carbocycles. The van der Waals surface area contributed by atoms with Crippen molar-refractivity contribution in [2.24, 2.45) is 0 Å². The molecule has 0 unspecified atom stereocenters. The fourth-order valence-corrected chi connectivity index (χ4v) is 3.91. The molecule has 0 aliphatic rings. The Morgan fingerprint density at radius 1 is 1.03 bits per heavy atom. The third-order valence-corrected chi connectivity index (χ3v) is 5.85. The molecule has 1 N–H and O–H groups in total. The fourth-order valence-electron chi connectivity index (χ4n) is 3.39. The van der Waals surface area contributed by atoms with E-state index in [4.69, 9.17) is 32.7 Å². The number of anilines is 1. The molecule has 4 rings (SSSR count). The SMILES string of the molecule is COc1ccc(/C=C/C(=O)Nc2ccn(Cc3c(Cl)cccc3Cl)n2)cc1COc1ccccc1. The first kappa shape index (κ1) is 24.4. The van der Waals surface area contributed by atoms with Crippen molar-refractivity contribution in [3.05, 3.63) is 112 Å². The highest BCUT2D eigenvalue weighted by Crippen LogP contribution is 2.25. The molecule has 4 aromatic rings. The Labute approximate surface area is 213 Å². The van der Waals surface area contributed by atoms with Gasteiger partial charge in [-0.1, -0.05) is 53.5 Å². The Balaban J connectivity index is 1.38. The smallest absolute Gasteiger partial charge is 0.249 e. The van der Waals surface area contributed by atoms with Gasteiger partial charge in [-0.25, -0.2) is 0 Å². The third-order valence-electron chi connectivity index (χ3n) is 5.14. The zero-order valence-corrected chi connectivity index (χ0v) is 20.5. The van der Waals surface area contributed by atoms with Crippen molar-refractivity contribution in [1.29, 1.82) is 0 Å². The van der Waals surface area contributed by atoms with Crippen molar-refractivity contribution in [2.75, 3.05) is 12.4 Å². The number of nitrogens with one attached hydrogen (secondary N) is 1. The summed E-state index contributed by atoms with van der Waals surface area (Å²) in [5.41, 5.74) is 2.48. The van der Waals surface area contributed by atoms with E-state index in [1.807, 2.05) is 48.5 Å². The van der Waals surface area contributed by atoms with Gasteiger partial charge in [0.05, 0.1) is 13.7 Å². The lowest BCUT2D eigenvalue weighted by Crippen LogP contribution is -2.09. The van der Waals surface area contributed by atoms with Gasteiger partial charge < -0.3 is 14.8 Å². The van der Waals surface area contributed by atoms with Crippen LogP contribution in [0.25, 0.3) is 6.08 Å². The van der Waals surface area contributed by atoms with Crippen LogP contribution in [0.3, 0.4) is 0 Å². The van der Waals surface area contributed by atoms with E-state index in [0.717, 1.165) is 22.4 Å². The van der Waals surface area contributed by atoms with Crippen molar-refractivity contribution in [2.45, 2.75) is 13.2 Å². The van der Waals surface area contributed by atoms with E-state index in [-0.39, 0.29) is 5.91 Å². The number of carbonyl (C=O) groups is 1. The number of rotatable bonds is 9. The molecule has 0 saturated carbocycles. The predicted molar refractivity (Wildman–Crippen MR) is 139 cm³/mol. The van der Waals surface area contributed by atoms with Crippen LogP contribution in [0.5, 0.6) is 11.5 Å². The summed E-state index contributed by atoms with van der Waals surface area (Å²) in [6, 6.07) is 22.3. The lowest BCUT2D eigenvalue weighted by molar-refractivity contribution is -0.111. The van der Waals surface area contributed by atoms with Crippen molar-refractivity contribution < 1.29 is 14.3 Å². The molecule has 0 atom stereocenters. The standard InChI is InChI=1S/C27H23Cl2N3O3/c1-34-25-12-10-19(16-20(25)18-35-21-6-3-2-4-7-21)11-13-27(33)30-26-14-15-32(31-26)17-22-23(28)8-5-9-24(22)29/h2-16H,17-18H2,1H3,(H,30,31,33)/b13-11+. The second-order valence-electron chi connectivity index (χ2n) is 7.59. The minimum atomic E-state index is -0.302. The van der Waals surface area contributed by atoms with Gasteiger partial charge in [-0.2, -0.15) is 5.10 Å². The van der Waals surface area contributed by atoms with E-state index < -0.39 is 0 Å². The molecule has 0 fully saturated rings. The van der Waals surface area contributed by atoms with Crippen LogP contribution in [-0.4, -0.2) is 22.8 Å². The van der Waals surface area contributed by atoms with Crippen LogP contribution in [0.15, 0.2) is 85.1 Å². The first-order valence-corrected chi connectivity index (χ1v) is 11.6. The van der Waals surface area contributed by atoms with Crippen LogP contribution >= 0.6 is 23.2 Å². The predicted octanol–water partition coefficient (Wildman–Crippen LogP) is 6.48. The maximum absolute atomic E-state index is 12.4. The van der Waals surface area contributed by atoms with Crippen LogP contribution in [-0.2, 0) is 17.9 Å². The number of halogens is 2. The first-order valence-electron chi connectivity index (χ1n) is 10.8. The number of hydrogen-bond donors (Lipinski definition) is 1. The Hall–Kier alpha value is -3.74. The third kappa shape index (κ3) is 6.66. The summed E-state index contributed by atoms with van der Waals surface area (Å²) in [6.45, 7) is 0.734. The molecule has 6 nitrogen and oxygen atoms in total. The highest BCUT2D eigenvalue weighted by Gasteiger charge is 2.09. The molecule has 1 aromatic heterocycles. The highest BCUT2D eigenvalue weighted by molar-refractivity contribution is 6.35. The quantitative estimate of drug-likeness (QED) is 0.263. The maximum atomic E-state index is 12.4. The molecule has 1 heterocycles. The molecular formula is C27H23Cl2N3O3. The van der Waals surface area contributed by atoms with Crippen molar-refractivity contribution in [3.63, 3.8) is 0 Å². The Kier molecular flexibility index (Phi) is 8.08. The number of carbonyl (C=O) groups excluding carboxylic acids is 1. The molecule has 178 valence electrons. The molecule has 0 spiro atoms. The van der Waals surface area contributed by atoms with Crippen molar-refractivity contribution in [3.8, 4) is 11.5 Å². The monoisotopic (exact) mass is 507 g/mol. The van der Waals surface area contributed by atoms with Gasteiger partial charge in [0.25, 0.3) is 0 Å². The lowest BCUT2D eigenvalue weighted by atomic mass is 10.1. The molecule has 1 amide bonds. The van der Waals surface area contributed by atoms with Crippen LogP contribution in [0.2, 0.25) is 10.0 Å². The van der Waals surface area contributed by atoms with Gasteiger partial charge in [-0.3, -0.25) is 9.48 Å². The number of hydrogen-bond acceptors (Lipinski definition) is 4. The number of aromatic nitrogens is 2. The molecule has 0 bridgehead atoms. The lowest BCUT2D eigenvalue weighted by Gasteiger charge is -2.11. The van der Waals surface area contributed by atoms with Crippen LogP contribution in [0.4, 0.5) is 5.82 Å². The van der Waals surface area contributed by atoms with Gasteiger partial charge in [0.15, 0.2) is 5.82 Å². The number of para-hydroxylation sites is 1. The summed E-state index contributed by atoms with van der Waals surface area (Å²) in [7, 11) is 1.61. The first-order chi connectivity index (χ1) is 17.0. The van der Waals surface area contributed by atoms with Gasteiger partial charge >= 0.3 is 0 Å². The van der Waals surface area contributed by atoms with E-state index in [9.17, 15) is 4.79 Å². The number of ether oxygens (including phenoxy) is 2. The number of benzene rings is 3. The molecule has 0 aliphatic heterocycles. The average Bonchev–Trinajstić information content (AvgIpc) is 3.31. The fraction of sp³-hybridized carbons (Fsp3) is 0.111. The molecule has 0 radical (unpaired) electrons. The topological polar surface area (TPSA) is 65.4 Å². The van der Waals surface area contributed by atoms with Gasteiger partial charge in [0, 0.05) is 39.5 Å². The van der Waals surface area contributed by atoms with E-state index in [0.29, 0.717) is 34.8 Å². The van der Waals surface area contributed by atoms with Crippen LogP contribution in [0.1, 0.15) is 16.7 Å². The molecule has 8 heteroatoms. The summed E-state index contributed by atoms with van der Waals surface area (Å²) in [6.07, 6.45) is 4.93. The number of amides is 1. The van der Waals surface area contributed by atoms with E-state index in [2.05, 4.69) is 10.4 Å². The Morgan fingerprint density at radius 3 is 2.54 bits per heavy atom. The van der Waals surface area contributed by atoms with Gasteiger partial charge in [0.1, 0.15) is 18.1 Å². The second kappa shape index (κ2) is 11.6. The van der Waals surface area contributed by atoms with E-state index >= 15 is 0 Å². The Morgan fingerprint density at radius 2 is 1.80 bits per heavy atom. The number of nitrogens with zero attached hydrogens (tertiary/aromatic N) is 2. The largest absolute Gasteiger partial charge is 0.496 e. The maximum Gasteiger partial charge on any atom is 0.249 e. The molecule has 3 aromatic carbocycles. The van der Waals surface area contributed by atoms with Crippen LogP contribution in [0, 0.1) is 0 Å². The van der Waals surface area contributed by atoms with Crippen LogP contribution < -0.4 is 14.8 Å². The minimum absolute atomic E-state index is 0.302. The summed E-state index contributed by atoms with van der Waals surface area (Å²) in [5, 5.41) is 8.26. The highest BCUT2D eigenvalue weighted by atomic mass is 35.5. The molecule has 0 saturated heterocycles.